The summed E-state index contributed by atoms with van der Waals surface area (Å²) in [6, 6.07) is 6.06. The Morgan fingerprint density at radius 1 is 1.50 bits per heavy atom. The van der Waals surface area contributed by atoms with E-state index in [4.69, 9.17) is 0 Å². The minimum Gasteiger partial charge on any atom is -0.261 e. The van der Waals surface area contributed by atoms with E-state index in [9.17, 15) is 0 Å². The molecule has 1 nitrogen and oxygen atoms in total. The van der Waals surface area contributed by atoms with Crippen LogP contribution in [0.2, 0.25) is 0 Å². The molecule has 1 unspecified atom stereocenters. The van der Waals surface area contributed by atoms with Crippen LogP contribution in [0, 0.1) is 0 Å². The number of hydrogen-bond donors (Lipinski definition) is 0. The van der Waals surface area contributed by atoms with E-state index in [0.717, 1.165) is 6.42 Å². The Kier molecular flexibility index (Phi) is 6.78. The van der Waals surface area contributed by atoms with E-state index in [1.807, 2.05) is 30.1 Å². The van der Waals surface area contributed by atoms with Gasteiger partial charge in [-0.25, -0.2) is 0 Å². The maximum Gasteiger partial charge on any atom is 0.0414 e. The van der Waals surface area contributed by atoms with Crippen molar-refractivity contribution in [2.75, 3.05) is 6.26 Å². The van der Waals surface area contributed by atoms with Gasteiger partial charge in [0.15, 0.2) is 0 Å². The molecule has 1 rings (SSSR count). The molecule has 12 heavy (non-hydrogen) atoms. The molecule has 0 bridgehead atoms. The molecule has 0 saturated carbocycles. The molecule has 0 radical (unpaired) electrons. The molecule has 0 saturated heterocycles. The molecule has 0 N–H and O–H groups in total. The summed E-state index contributed by atoms with van der Waals surface area (Å²) in [7, 11) is 0. The Bertz CT molecular complexity index is 203. The number of pyridine rings is 1. The Labute approximate surface area is 92.6 Å². The van der Waals surface area contributed by atoms with Crippen molar-refractivity contribution in [3.63, 3.8) is 0 Å². The van der Waals surface area contributed by atoms with Gasteiger partial charge in [0.2, 0.25) is 0 Å². The van der Waals surface area contributed by atoms with Crippen molar-refractivity contribution in [3.8, 4) is 0 Å². The third kappa shape index (κ3) is 4.27. The minimum atomic E-state index is 0. The number of rotatable bonds is 3. The van der Waals surface area contributed by atoms with Crippen LogP contribution in [-0.2, 0) is 27.5 Å². The molecule has 1 aromatic heterocycles. The zero-order chi connectivity index (χ0) is 8.10. The number of nitrogens with zero attached hydrogens (tertiary/aromatic N) is 1. The maximum absolute atomic E-state index is 4.25. The first-order chi connectivity index (χ1) is 5.33. The zero-order valence-electron chi connectivity index (χ0n) is 7.27. The van der Waals surface area contributed by atoms with Gasteiger partial charge in [-0.05, 0) is 18.4 Å². The number of hydrogen-bond acceptors (Lipinski definition) is 2. The van der Waals surface area contributed by atoms with E-state index >= 15 is 0 Å². The van der Waals surface area contributed by atoms with Gasteiger partial charge in [0.1, 0.15) is 0 Å². The molecule has 3 heteroatoms. The standard InChI is InChI=1S/C9H13NS.Pt/c1-8(11-2)7-9-5-3-4-6-10-9;/h3-6,8H,7H2,1-2H3;. The molecule has 0 aliphatic heterocycles. The van der Waals surface area contributed by atoms with Crippen molar-refractivity contribution in [2.45, 2.75) is 18.6 Å². The van der Waals surface area contributed by atoms with E-state index in [0.29, 0.717) is 5.25 Å². The van der Waals surface area contributed by atoms with Gasteiger partial charge in [-0.3, -0.25) is 4.98 Å². The normalized spacial score (nSPS) is 11.8. The number of aromatic nitrogens is 1. The van der Waals surface area contributed by atoms with Crippen LogP contribution in [0.15, 0.2) is 24.4 Å². The Morgan fingerprint density at radius 3 is 2.75 bits per heavy atom. The van der Waals surface area contributed by atoms with Crippen LogP contribution >= 0.6 is 11.8 Å². The Balaban J connectivity index is 0.00000121. The molecular weight excluding hydrogens is 349 g/mol. The Hall–Kier alpha value is 0.188. The van der Waals surface area contributed by atoms with E-state index in [1.54, 1.807) is 0 Å². The summed E-state index contributed by atoms with van der Waals surface area (Å²) in [6.45, 7) is 2.22. The monoisotopic (exact) mass is 362 g/mol. The van der Waals surface area contributed by atoms with E-state index < -0.39 is 0 Å². The SMILES string of the molecule is CSC(C)Cc1ccccn1.[Pt]. The van der Waals surface area contributed by atoms with Gasteiger partial charge in [0.05, 0.1) is 0 Å². The number of thioether (sulfide) groups is 1. The maximum atomic E-state index is 4.25. The van der Waals surface area contributed by atoms with E-state index in [2.05, 4.69) is 24.2 Å². The van der Waals surface area contributed by atoms with Crippen molar-refractivity contribution in [2.24, 2.45) is 0 Å². The molecule has 70 valence electrons. The summed E-state index contributed by atoms with van der Waals surface area (Å²) in [5, 5.41) is 0.671. The second-order valence-electron chi connectivity index (χ2n) is 2.57. The van der Waals surface area contributed by atoms with Gasteiger partial charge >= 0.3 is 0 Å². The van der Waals surface area contributed by atoms with Crippen LogP contribution in [-0.4, -0.2) is 16.5 Å². The van der Waals surface area contributed by atoms with Crippen molar-refractivity contribution < 1.29 is 21.1 Å². The predicted octanol–water partition coefficient (Wildman–Crippen LogP) is 2.37. The molecule has 0 aromatic carbocycles. The summed E-state index contributed by atoms with van der Waals surface area (Å²) in [5.41, 5.74) is 1.19. The molecule has 1 heterocycles. The molecule has 0 fully saturated rings. The quantitative estimate of drug-likeness (QED) is 0.819. The molecular formula is C9H13NPtS. The van der Waals surface area contributed by atoms with Crippen LogP contribution in [0.4, 0.5) is 0 Å². The zero-order valence-corrected chi connectivity index (χ0v) is 10.4. The fourth-order valence-electron chi connectivity index (χ4n) is 0.897. The van der Waals surface area contributed by atoms with Gasteiger partial charge in [0, 0.05) is 44.6 Å². The smallest absolute Gasteiger partial charge is 0.0414 e. The summed E-state index contributed by atoms with van der Waals surface area (Å²) in [6.07, 6.45) is 5.05. The summed E-state index contributed by atoms with van der Waals surface area (Å²) < 4.78 is 0. The van der Waals surface area contributed by atoms with Gasteiger partial charge in [-0.1, -0.05) is 13.0 Å². The van der Waals surface area contributed by atoms with Crippen LogP contribution < -0.4 is 0 Å². The van der Waals surface area contributed by atoms with E-state index in [-0.39, 0.29) is 21.1 Å². The molecule has 0 spiro atoms. The molecule has 0 aliphatic rings. The minimum absolute atomic E-state index is 0. The van der Waals surface area contributed by atoms with Gasteiger partial charge in [0.25, 0.3) is 0 Å². The summed E-state index contributed by atoms with van der Waals surface area (Å²) in [5.74, 6) is 0. The summed E-state index contributed by atoms with van der Waals surface area (Å²) in [4.78, 5) is 4.25. The van der Waals surface area contributed by atoms with Crippen LogP contribution in [0.1, 0.15) is 12.6 Å². The first kappa shape index (κ1) is 12.2. The first-order valence-corrected chi connectivity index (χ1v) is 5.04. The van der Waals surface area contributed by atoms with E-state index in [1.165, 1.54) is 5.69 Å². The third-order valence-electron chi connectivity index (χ3n) is 1.63. The second-order valence-corrected chi connectivity index (χ2v) is 3.85. The van der Waals surface area contributed by atoms with Gasteiger partial charge < -0.3 is 0 Å². The largest absolute Gasteiger partial charge is 0.261 e. The molecule has 1 atom stereocenters. The van der Waals surface area contributed by atoms with Crippen molar-refractivity contribution >= 4 is 11.8 Å². The Morgan fingerprint density at radius 2 is 2.25 bits per heavy atom. The fourth-order valence-corrected chi connectivity index (χ4v) is 1.23. The van der Waals surface area contributed by atoms with Crippen LogP contribution in [0.5, 0.6) is 0 Å². The van der Waals surface area contributed by atoms with Crippen LogP contribution in [0.25, 0.3) is 0 Å². The predicted molar refractivity (Wildman–Crippen MR) is 50.9 cm³/mol. The molecule has 1 aromatic rings. The van der Waals surface area contributed by atoms with Crippen molar-refractivity contribution in [1.82, 2.24) is 4.98 Å². The van der Waals surface area contributed by atoms with Crippen LogP contribution in [0.3, 0.4) is 0 Å². The fraction of sp³-hybridized carbons (Fsp3) is 0.444. The second kappa shape index (κ2) is 6.68. The van der Waals surface area contributed by atoms with Crippen molar-refractivity contribution in [1.29, 1.82) is 0 Å². The first-order valence-electron chi connectivity index (χ1n) is 3.75. The van der Waals surface area contributed by atoms with Gasteiger partial charge in [-0.15, -0.1) is 0 Å². The average Bonchev–Trinajstić information content (AvgIpc) is 2.06. The van der Waals surface area contributed by atoms with Crippen molar-refractivity contribution in [3.05, 3.63) is 30.1 Å². The average molecular weight is 362 g/mol. The molecule has 0 amide bonds. The molecule has 0 aliphatic carbocycles. The summed E-state index contributed by atoms with van der Waals surface area (Å²) >= 11 is 1.88. The third-order valence-corrected chi connectivity index (χ3v) is 2.60. The van der Waals surface area contributed by atoms with Gasteiger partial charge in [-0.2, -0.15) is 11.8 Å². The topological polar surface area (TPSA) is 12.9 Å².